The molecular weight excluding hydrogens is 150 g/mol. The SMILES string of the molecule is C=CC[Si]([NH])(CC=C)CC=C. The van der Waals surface area contributed by atoms with E-state index in [1.54, 1.807) is 0 Å². The van der Waals surface area contributed by atoms with E-state index in [4.69, 9.17) is 5.40 Å². The van der Waals surface area contributed by atoms with Crippen LogP contribution in [0.4, 0.5) is 0 Å². The van der Waals surface area contributed by atoms with Crippen LogP contribution in [0.1, 0.15) is 0 Å². The van der Waals surface area contributed by atoms with Gasteiger partial charge in [0.25, 0.3) is 0 Å². The van der Waals surface area contributed by atoms with Gasteiger partial charge in [-0.2, -0.15) is 0 Å². The largest absolute Gasteiger partial charge is 0.284 e. The van der Waals surface area contributed by atoms with Gasteiger partial charge in [0.2, 0.25) is 0 Å². The van der Waals surface area contributed by atoms with E-state index in [1.165, 1.54) is 0 Å². The molecule has 0 saturated carbocycles. The first-order valence-corrected chi connectivity index (χ1v) is 6.38. The van der Waals surface area contributed by atoms with Gasteiger partial charge in [0.05, 0.1) is 0 Å². The normalized spacial score (nSPS) is 10.6. The molecule has 1 nitrogen and oxygen atoms in total. The van der Waals surface area contributed by atoms with Crippen LogP contribution in [-0.4, -0.2) is 8.24 Å². The summed E-state index contributed by atoms with van der Waals surface area (Å²) in [7, 11) is -1.85. The number of nitrogens with one attached hydrogen (secondary N) is 1. The van der Waals surface area contributed by atoms with E-state index in [-0.39, 0.29) is 0 Å². The molecule has 0 unspecified atom stereocenters. The predicted molar refractivity (Wildman–Crippen MR) is 53.9 cm³/mol. The van der Waals surface area contributed by atoms with Crippen molar-refractivity contribution in [2.24, 2.45) is 0 Å². The van der Waals surface area contributed by atoms with Crippen molar-refractivity contribution < 1.29 is 0 Å². The van der Waals surface area contributed by atoms with Crippen molar-refractivity contribution >= 4 is 8.24 Å². The third kappa shape index (κ3) is 3.96. The van der Waals surface area contributed by atoms with E-state index in [2.05, 4.69) is 19.7 Å². The Bertz CT molecular complexity index is 125. The van der Waals surface area contributed by atoms with Gasteiger partial charge in [-0.1, -0.05) is 18.2 Å². The molecular formula is C9H16NSi. The van der Waals surface area contributed by atoms with Crippen LogP contribution in [-0.2, 0) is 0 Å². The monoisotopic (exact) mass is 166 g/mol. The molecule has 0 aliphatic heterocycles. The summed E-state index contributed by atoms with van der Waals surface area (Å²) in [5, 5.41) is 8.05. The molecule has 2 heteroatoms. The Labute approximate surface area is 70.4 Å². The zero-order chi connectivity index (χ0) is 8.74. The number of allylic oxidation sites excluding steroid dienone is 3. The molecule has 1 N–H and O–H groups in total. The number of hydrogen-bond donors (Lipinski definition) is 0. The lowest BCUT2D eigenvalue weighted by Crippen LogP contribution is -2.34. The fraction of sp³-hybridized carbons (Fsp3) is 0.333. The molecule has 0 amide bonds. The maximum atomic E-state index is 8.05. The molecule has 0 aromatic rings. The molecule has 0 rings (SSSR count). The van der Waals surface area contributed by atoms with Crippen molar-refractivity contribution in [1.29, 1.82) is 0 Å². The van der Waals surface area contributed by atoms with E-state index in [1.807, 2.05) is 18.2 Å². The Balaban J connectivity index is 4.09. The fourth-order valence-corrected chi connectivity index (χ4v) is 3.24. The maximum Gasteiger partial charge on any atom is 0.151 e. The van der Waals surface area contributed by atoms with E-state index in [0.29, 0.717) is 0 Å². The van der Waals surface area contributed by atoms with Gasteiger partial charge >= 0.3 is 0 Å². The van der Waals surface area contributed by atoms with Gasteiger partial charge in [0, 0.05) is 0 Å². The van der Waals surface area contributed by atoms with Crippen LogP contribution < -0.4 is 5.40 Å². The van der Waals surface area contributed by atoms with Crippen molar-refractivity contribution in [1.82, 2.24) is 5.40 Å². The molecule has 11 heavy (non-hydrogen) atoms. The third-order valence-corrected chi connectivity index (χ3v) is 4.82. The molecule has 0 aromatic heterocycles. The first-order chi connectivity index (χ1) is 5.18. The quantitative estimate of drug-likeness (QED) is 0.428. The highest BCUT2D eigenvalue weighted by molar-refractivity contribution is 6.77. The molecule has 0 spiro atoms. The fourth-order valence-electron chi connectivity index (χ4n) is 1.08. The summed E-state index contributed by atoms with van der Waals surface area (Å²) >= 11 is 0. The zero-order valence-corrected chi connectivity index (χ0v) is 7.97. The summed E-state index contributed by atoms with van der Waals surface area (Å²) in [6.07, 6.45) is 5.52. The van der Waals surface area contributed by atoms with Gasteiger partial charge < -0.3 is 0 Å². The summed E-state index contributed by atoms with van der Waals surface area (Å²) < 4.78 is 0. The number of rotatable bonds is 6. The molecule has 0 bridgehead atoms. The second-order valence-electron chi connectivity index (χ2n) is 2.76. The summed E-state index contributed by atoms with van der Waals surface area (Å²) in [5.74, 6) is 0. The van der Waals surface area contributed by atoms with Crippen molar-refractivity contribution in [3.05, 3.63) is 38.0 Å². The highest BCUT2D eigenvalue weighted by Crippen LogP contribution is 2.17. The maximum absolute atomic E-state index is 8.05. The summed E-state index contributed by atoms with van der Waals surface area (Å²) in [4.78, 5) is 0. The second-order valence-corrected chi connectivity index (χ2v) is 6.54. The minimum Gasteiger partial charge on any atom is -0.284 e. The Morgan fingerprint density at radius 3 is 1.36 bits per heavy atom. The summed E-state index contributed by atoms with van der Waals surface area (Å²) in [5.41, 5.74) is 0. The van der Waals surface area contributed by atoms with Crippen LogP contribution in [0, 0.1) is 0 Å². The minimum atomic E-state index is -1.85. The zero-order valence-electron chi connectivity index (χ0n) is 6.97. The molecule has 0 aliphatic carbocycles. The average Bonchev–Trinajstić information content (AvgIpc) is 1.88. The van der Waals surface area contributed by atoms with E-state index < -0.39 is 8.24 Å². The molecule has 0 saturated heterocycles. The first-order valence-electron chi connectivity index (χ1n) is 3.76. The summed E-state index contributed by atoms with van der Waals surface area (Å²) in [6, 6.07) is 2.52. The lowest BCUT2D eigenvalue weighted by Gasteiger charge is -2.20. The van der Waals surface area contributed by atoms with Gasteiger partial charge in [0.15, 0.2) is 8.24 Å². The van der Waals surface area contributed by atoms with Crippen LogP contribution in [0.5, 0.6) is 0 Å². The van der Waals surface area contributed by atoms with Gasteiger partial charge in [-0.3, -0.25) is 5.40 Å². The Hall–Kier alpha value is -0.603. The van der Waals surface area contributed by atoms with Crippen LogP contribution in [0.2, 0.25) is 18.1 Å². The highest BCUT2D eigenvalue weighted by Gasteiger charge is 2.24. The second kappa shape index (κ2) is 5.10. The topological polar surface area (TPSA) is 23.8 Å². The van der Waals surface area contributed by atoms with E-state index in [9.17, 15) is 0 Å². The van der Waals surface area contributed by atoms with Gasteiger partial charge in [0.1, 0.15) is 0 Å². The summed E-state index contributed by atoms with van der Waals surface area (Å²) in [6.45, 7) is 11.0. The minimum absolute atomic E-state index is 0.838. The standard InChI is InChI=1S/C9H16NSi/c1-4-7-11(10,8-5-2)9-6-3/h4-6,10H,1-3,7-9H2. The molecule has 1 radical (unpaired) electrons. The third-order valence-electron chi connectivity index (χ3n) is 1.61. The molecule has 61 valence electrons. The molecule has 0 fully saturated rings. The highest BCUT2D eigenvalue weighted by atomic mass is 28.3. The molecule has 0 aliphatic rings. The van der Waals surface area contributed by atoms with E-state index >= 15 is 0 Å². The Morgan fingerprint density at radius 1 is 0.909 bits per heavy atom. The van der Waals surface area contributed by atoms with Gasteiger partial charge in [-0.25, -0.2) is 0 Å². The van der Waals surface area contributed by atoms with Crippen LogP contribution >= 0.6 is 0 Å². The van der Waals surface area contributed by atoms with Crippen molar-refractivity contribution in [2.45, 2.75) is 18.1 Å². The molecule has 0 atom stereocenters. The lowest BCUT2D eigenvalue weighted by molar-refractivity contribution is 1.29. The van der Waals surface area contributed by atoms with Crippen molar-refractivity contribution in [2.75, 3.05) is 0 Å². The Morgan fingerprint density at radius 2 is 1.18 bits per heavy atom. The predicted octanol–water partition coefficient (Wildman–Crippen LogP) is 2.77. The Kier molecular flexibility index (Phi) is 4.82. The first kappa shape index (κ1) is 10.4. The lowest BCUT2D eigenvalue weighted by atomic mass is 10.7. The molecule has 0 heterocycles. The van der Waals surface area contributed by atoms with Crippen molar-refractivity contribution in [3.63, 3.8) is 0 Å². The van der Waals surface area contributed by atoms with Crippen molar-refractivity contribution in [3.8, 4) is 0 Å². The van der Waals surface area contributed by atoms with Crippen LogP contribution in [0.25, 0.3) is 0 Å². The average molecular weight is 166 g/mol. The van der Waals surface area contributed by atoms with E-state index in [0.717, 1.165) is 18.1 Å². The number of hydrogen-bond acceptors (Lipinski definition) is 0. The van der Waals surface area contributed by atoms with Gasteiger partial charge in [-0.05, 0) is 18.1 Å². The smallest absolute Gasteiger partial charge is 0.151 e. The van der Waals surface area contributed by atoms with Gasteiger partial charge in [-0.15, -0.1) is 19.7 Å². The van der Waals surface area contributed by atoms with Crippen LogP contribution in [0.3, 0.4) is 0 Å². The molecule has 0 aromatic carbocycles. The van der Waals surface area contributed by atoms with Crippen LogP contribution in [0.15, 0.2) is 38.0 Å².